The van der Waals surface area contributed by atoms with Crippen LogP contribution in [0.3, 0.4) is 0 Å². The molecule has 88 valence electrons. The smallest absolute Gasteiger partial charge is 0.0582 e. The van der Waals surface area contributed by atoms with Crippen molar-refractivity contribution in [3.05, 3.63) is 30.1 Å². The van der Waals surface area contributed by atoms with E-state index in [9.17, 15) is 5.11 Å². The molecule has 2 atom stereocenters. The maximum atomic E-state index is 9.88. The fourth-order valence-electron chi connectivity index (χ4n) is 2.14. The molecule has 2 unspecified atom stereocenters. The van der Waals surface area contributed by atoms with Crippen LogP contribution >= 0.6 is 0 Å². The van der Waals surface area contributed by atoms with E-state index in [0.717, 1.165) is 31.4 Å². The van der Waals surface area contributed by atoms with E-state index in [2.05, 4.69) is 4.98 Å². The minimum atomic E-state index is -0.270. The van der Waals surface area contributed by atoms with Crippen molar-refractivity contribution in [1.82, 2.24) is 4.98 Å². The second-order valence-corrected chi connectivity index (χ2v) is 4.43. The molecule has 16 heavy (non-hydrogen) atoms. The van der Waals surface area contributed by atoms with E-state index in [0.29, 0.717) is 12.5 Å². The first-order valence-electron chi connectivity index (χ1n) is 6.03. The van der Waals surface area contributed by atoms with Gasteiger partial charge >= 0.3 is 0 Å². The highest BCUT2D eigenvalue weighted by Gasteiger charge is 2.17. The number of ether oxygens (including phenoxy) is 1. The van der Waals surface area contributed by atoms with Gasteiger partial charge in [-0.2, -0.15) is 0 Å². The Morgan fingerprint density at radius 2 is 2.50 bits per heavy atom. The van der Waals surface area contributed by atoms with E-state index < -0.39 is 0 Å². The van der Waals surface area contributed by atoms with E-state index in [4.69, 9.17) is 4.74 Å². The number of hydrogen-bond donors (Lipinski definition) is 1. The minimum Gasteiger partial charge on any atom is -0.393 e. The highest BCUT2D eigenvalue weighted by atomic mass is 16.5. The molecule has 0 radical (unpaired) electrons. The minimum absolute atomic E-state index is 0.270. The zero-order valence-corrected chi connectivity index (χ0v) is 9.51. The predicted octanol–water partition coefficient (Wildman–Crippen LogP) is 1.94. The van der Waals surface area contributed by atoms with Gasteiger partial charge in [0.25, 0.3) is 0 Å². The van der Waals surface area contributed by atoms with Gasteiger partial charge in [0.05, 0.1) is 12.2 Å². The summed E-state index contributed by atoms with van der Waals surface area (Å²) >= 11 is 0. The molecule has 0 spiro atoms. The van der Waals surface area contributed by atoms with Crippen molar-refractivity contribution in [3.8, 4) is 0 Å². The van der Waals surface area contributed by atoms with Gasteiger partial charge in [-0.15, -0.1) is 0 Å². The summed E-state index contributed by atoms with van der Waals surface area (Å²) in [6, 6.07) is 3.91. The quantitative estimate of drug-likeness (QED) is 0.826. The first kappa shape index (κ1) is 11.6. The van der Waals surface area contributed by atoms with Crippen LogP contribution in [0.1, 0.15) is 31.2 Å². The summed E-state index contributed by atoms with van der Waals surface area (Å²) in [5.74, 6) is 0. The van der Waals surface area contributed by atoms with E-state index >= 15 is 0 Å². The van der Waals surface area contributed by atoms with Gasteiger partial charge < -0.3 is 9.84 Å². The van der Waals surface area contributed by atoms with Gasteiger partial charge in [0.15, 0.2) is 0 Å². The van der Waals surface area contributed by atoms with Crippen LogP contribution in [0.25, 0.3) is 0 Å². The van der Waals surface area contributed by atoms with Crippen LogP contribution in [0.2, 0.25) is 0 Å². The number of nitrogens with zero attached hydrogens (tertiary/aromatic N) is 1. The summed E-state index contributed by atoms with van der Waals surface area (Å²) in [4.78, 5) is 4.04. The maximum absolute atomic E-state index is 9.88. The van der Waals surface area contributed by atoms with Crippen LogP contribution in [-0.2, 0) is 11.2 Å². The molecule has 1 aliphatic rings. The van der Waals surface area contributed by atoms with Crippen LogP contribution in [0.4, 0.5) is 0 Å². The van der Waals surface area contributed by atoms with Crippen LogP contribution in [0.15, 0.2) is 24.5 Å². The molecule has 3 heteroatoms. The SMILES string of the molecule is OC(CCC1CCCO1)Cc1cccnc1. The van der Waals surface area contributed by atoms with Crippen molar-refractivity contribution in [1.29, 1.82) is 0 Å². The normalized spacial score (nSPS) is 22.2. The van der Waals surface area contributed by atoms with Gasteiger partial charge in [-0.1, -0.05) is 6.07 Å². The van der Waals surface area contributed by atoms with Crippen LogP contribution in [0, 0.1) is 0 Å². The molecule has 0 amide bonds. The second-order valence-electron chi connectivity index (χ2n) is 4.43. The zero-order valence-electron chi connectivity index (χ0n) is 9.51. The van der Waals surface area contributed by atoms with Gasteiger partial charge in [0.2, 0.25) is 0 Å². The largest absolute Gasteiger partial charge is 0.393 e. The Labute approximate surface area is 96.5 Å². The lowest BCUT2D eigenvalue weighted by molar-refractivity contribution is 0.0813. The second kappa shape index (κ2) is 5.97. The Bertz CT molecular complexity index is 296. The summed E-state index contributed by atoms with van der Waals surface area (Å²) in [6.45, 7) is 0.892. The van der Waals surface area contributed by atoms with Crippen LogP contribution in [0.5, 0.6) is 0 Å². The third-order valence-electron chi connectivity index (χ3n) is 3.04. The fourth-order valence-corrected chi connectivity index (χ4v) is 2.14. The maximum Gasteiger partial charge on any atom is 0.0582 e. The number of aliphatic hydroxyl groups excluding tert-OH is 1. The highest BCUT2D eigenvalue weighted by Crippen LogP contribution is 2.18. The zero-order chi connectivity index (χ0) is 11.2. The molecular weight excluding hydrogens is 202 g/mol. The van der Waals surface area contributed by atoms with E-state index in [-0.39, 0.29) is 6.10 Å². The van der Waals surface area contributed by atoms with Crippen molar-refractivity contribution in [3.63, 3.8) is 0 Å². The summed E-state index contributed by atoms with van der Waals surface area (Å²) in [7, 11) is 0. The standard InChI is InChI=1S/C13H19NO2/c15-12(5-6-13-4-2-8-16-13)9-11-3-1-7-14-10-11/h1,3,7,10,12-13,15H,2,4-6,8-9H2. The number of hydrogen-bond acceptors (Lipinski definition) is 3. The van der Waals surface area contributed by atoms with Crippen molar-refractivity contribution < 1.29 is 9.84 Å². The number of pyridine rings is 1. The van der Waals surface area contributed by atoms with E-state index in [1.807, 2.05) is 18.3 Å². The van der Waals surface area contributed by atoms with Crippen molar-refractivity contribution in [2.75, 3.05) is 6.61 Å². The molecule has 0 saturated carbocycles. The van der Waals surface area contributed by atoms with Crippen LogP contribution < -0.4 is 0 Å². The van der Waals surface area contributed by atoms with Gasteiger partial charge in [-0.3, -0.25) is 4.98 Å². The molecular formula is C13H19NO2. The first-order chi connectivity index (χ1) is 7.84. The van der Waals surface area contributed by atoms with E-state index in [1.54, 1.807) is 6.20 Å². The van der Waals surface area contributed by atoms with Crippen LogP contribution in [-0.4, -0.2) is 28.9 Å². The summed E-state index contributed by atoms with van der Waals surface area (Å²) < 4.78 is 5.53. The molecule has 1 aromatic rings. The van der Waals surface area contributed by atoms with E-state index in [1.165, 1.54) is 6.42 Å². The Morgan fingerprint density at radius 1 is 1.56 bits per heavy atom. The van der Waals surface area contributed by atoms with Gasteiger partial charge in [-0.25, -0.2) is 0 Å². The molecule has 1 aromatic heterocycles. The molecule has 0 aliphatic carbocycles. The first-order valence-corrected chi connectivity index (χ1v) is 6.03. The van der Waals surface area contributed by atoms with Gasteiger partial charge in [-0.05, 0) is 43.7 Å². The third-order valence-corrected chi connectivity index (χ3v) is 3.04. The molecule has 1 saturated heterocycles. The molecule has 2 rings (SSSR count). The Morgan fingerprint density at radius 3 is 3.19 bits per heavy atom. The average molecular weight is 221 g/mol. The predicted molar refractivity (Wildman–Crippen MR) is 62.2 cm³/mol. The summed E-state index contributed by atoms with van der Waals surface area (Å²) in [5, 5.41) is 9.88. The molecule has 1 fully saturated rings. The summed E-state index contributed by atoms with van der Waals surface area (Å²) in [5.41, 5.74) is 1.10. The lowest BCUT2D eigenvalue weighted by Crippen LogP contribution is -2.15. The molecule has 0 aromatic carbocycles. The van der Waals surface area contributed by atoms with Gasteiger partial charge in [0.1, 0.15) is 0 Å². The lowest BCUT2D eigenvalue weighted by atomic mass is 10.0. The number of aliphatic hydroxyl groups is 1. The molecule has 2 heterocycles. The average Bonchev–Trinajstić information content (AvgIpc) is 2.81. The van der Waals surface area contributed by atoms with Crippen molar-refractivity contribution >= 4 is 0 Å². The lowest BCUT2D eigenvalue weighted by Gasteiger charge is -2.13. The number of rotatable bonds is 5. The summed E-state index contributed by atoms with van der Waals surface area (Å²) in [6.07, 6.45) is 8.49. The highest BCUT2D eigenvalue weighted by molar-refractivity contribution is 5.09. The Balaban J connectivity index is 1.69. The van der Waals surface area contributed by atoms with Crippen molar-refractivity contribution in [2.45, 2.75) is 44.3 Å². The molecule has 3 nitrogen and oxygen atoms in total. The monoisotopic (exact) mass is 221 g/mol. The molecule has 0 bridgehead atoms. The topological polar surface area (TPSA) is 42.4 Å². The Hall–Kier alpha value is -0.930. The number of aromatic nitrogens is 1. The van der Waals surface area contributed by atoms with Crippen molar-refractivity contribution in [2.24, 2.45) is 0 Å². The Kier molecular flexibility index (Phi) is 4.31. The fraction of sp³-hybridized carbons (Fsp3) is 0.615. The molecule has 1 N–H and O–H groups in total. The van der Waals surface area contributed by atoms with Gasteiger partial charge in [0, 0.05) is 19.0 Å². The third kappa shape index (κ3) is 3.58. The molecule has 1 aliphatic heterocycles.